The molecule has 0 bridgehead atoms. The number of halogens is 1. The highest BCUT2D eigenvalue weighted by molar-refractivity contribution is 7.91. The van der Waals surface area contributed by atoms with E-state index in [1.807, 2.05) is 26.8 Å². The quantitative estimate of drug-likeness (QED) is 0.907. The van der Waals surface area contributed by atoms with Crippen LogP contribution in [0.4, 0.5) is 0 Å². The molecular formula is C12H21ClN2O2S2. The van der Waals surface area contributed by atoms with E-state index >= 15 is 0 Å². The average molecular weight is 325 g/mol. The number of nitrogens with two attached hydrogens (primary N) is 1. The Morgan fingerprint density at radius 2 is 2.05 bits per heavy atom. The van der Waals surface area contributed by atoms with Crippen molar-refractivity contribution in [1.82, 2.24) is 4.31 Å². The summed E-state index contributed by atoms with van der Waals surface area (Å²) in [6.45, 7) is 6.98. The Hall–Kier alpha value is -0.140. The SMILES string of the molecule is Cc1ccc(S(=O)(=O)N2CCC(N)C(C)(C)C2)s1.Cl. The van der Waals surface area contributed by atoms with E-state index < -0.39 is 10.0 Å². The molecule has 4 nitrogen and oxygen atoms in total. The first kappa shape index (κ1) is 16.9. The molecular weight excluding hydrogens is 304 g/mol. The van der Waals surface area contributed by atoms with Crippen LogP contribution in [0.25, 0.3) is 0 Å². The topological polar surface area (TPSA) is 63.4 Å². The lowest BCUT2D eigenvalue weighted by Gasteiger charge is -2.41. The van der Waals surface area contributed by atoms with Gasteiger partial charge in [-0.05, 0) is 30.9 Å². The maximum absolute atomic E-state index is 12.5. The van der Waals surface area contributed by atoms with Gasteiger partial charge in [0, 0.05) is 24.0 Å². The largest absolute Gasteiger partial charge is 0.327 e. The molecule has 7 heteroatoms. The van der Waals surface area contributed by atoms with E-state index in [1.165, 1.54) is 11.3 Å². The summed E-state index contributed by atoms with van der Waals surface area (Å²) in [4.78, 5) is 1.02. The molecule has 2 rings (SSSR count). The Balaban J connectivity index is 0.00000180. The first-order valence-electron chi connectivity index (χ1n) is 6.06. The fraction of sp³-hybridized carbons (Fsp3) is 0.667. The van der Waals surface area contributed by atoms with E-state index in [4.69, 9.17) is 5.73 Å². The van der Waals surface area contributed by atoms with Crippen molar-refractivity contribution in [3.8, 4) is 0 Å². The summed E-state index contributed by atoms with van der Waals surface area (Å²) in [6, 6.07) is 3.60. The molecule has 1 aromatic rings. The summed E-state index contributed by atoms with van der Waals surface area (Å²) in [5.74, 6) is 0. The van der Waals surface area contributed by atoms with Gasteiger partial charge in [-0.25, -0.2) is 8.42 Å². The molecule has 1 saturated heterocycles. The van der Waals surface area contributed by atoms with E-state index in [1.54, 1.807) is 10.4 Å². The third kappa shape index (κ3) is 3.31. The van der Waals surface area contributed by atoms with Crippen LogP contribution in [0.2, 0.25) is 0 Å². The summed E-state index contributed by atoms with van der Waals surface area (Å²) in [6.07, 6.45) is 0.719. The molecule has 1 aliphatic rings. The number of rotatable bonds is 2. The summed E-state index contributed by atoms with van der Waals surface area (Å²) in [5, 5.41) is 0. The number of hydrogen-bond acceptors (Lipinski definition) is 4. The van der Waals surface area contributed by atoms with Gasteiger partial charge in [0.1, 0.15) is 4.21 Å². The molecule has 1 atom stereocenters. The molecule has 110 valence electrons. The van der Waals surface area contributed by atoms with Gasteiger partial charge < -0.3 is 5.73 Å². The van der Waals surface area contributed by atoms with Crippen LogP contribution < -0.4 is 5.73 Å². The predicted octanol–water partition coefficient (Wildman–Crippen LogP) is 2.23. The minimum atomic E-state index is -3.34. The fourth-order valence-electron chi connectivity index (χ4n) is 2.21. The van der Waals surface area contributed by atoms with Gasteiger partial charge in [0.2, 0.25) is 0 Å². The van der Waals surface area contributed by atoms with Crippen molar-refractivity contribution in [2.24, 2.45) is 11.1 Å². The van der Waals surface area contributed by atoms with Crippen molar-refractivity contribution >= 4 is 33.8 Å². The molecule has 1 aliphatic heterocycles. The Morgan fingerprint density at radius 3 is 2.53 bits per heavy atom. The van der Waals surface area contributed by atoms with E-state index in [0.29, 0.717) is 17.3 Å². The fourth-order valence-corrected chi connectivity index (χ4v) is 5.27. The zero-order valence-electron chi connectivity index (χ0n) is 11.4. The van der Waals surface area contributed by atoms with E-state index in [2.05, 4.69) is 0 Å². The van der Waals surface area contributed by atoms with Crippen LogP contribution in [0.3, 0.4) is 0 Å². The molecule has 1 unspecified atom stereocenters. The van der Waals surface area contributed by atoms with Crippen LogP contribution in [0.5, 0.6) is 0 Å². The predicted molar refractivity (Wildman–Crippen MR) is 81.4 cm³/mol. The summed E-state index contributed by atoms with van der Waals surface area (Å²) in [7, 11) is -3.34. The zero-order valence-corrected chi connectivity index (χ0v) is 13.9. The van der Waals surface area contributed by atoms with Crippen molar-refractivity contribution < 1.29 is 8.42 Å². The second kappa shape index (κ2) is 5.69. The lowest BCUT2D eigenvalue weighted by molar-refractivity contribution is 0.156. The molecule has 0 saturated carbocycles. The van der Waals surface area contributed by atoms with Gasteiger partial charge in [-0.1, -0.05) is 13.8 Å². The molecule has 1 aromatic heterocycles. The van der Waals surface area contributed by atoms with Crippen molar-refractivity contribution in [3.05, 3.63) is 17.0 Å². The van der Waals surface area contributed by atoms with Crippen LogP contribution >= 0.6 is 23.7 Å². The van der Waals surface area contributed by atoms with Gasteiger partial charge in [0.15, 0.2) is 0 Å². The Labute approximate surface area is 125 Å². The van der Waals surface area contributed by atoms with Crippen LogP contribution in [-0.4, -0.2) is 31.9 Å². The highest BCUT2D eigenvalue weighted by Crippen LogP contribution is 2.32. The third-order valence-electron chi connectivity index (χ3n) is 3.59. The molecule has 0 amide bonds. The van der Waals surface area contributed by atoms with Gasteiger partial charge in [-0.15, -0.1) is 23.7 Å². The molecule has 1 fully saturated rings. The molecule has 0 spiro atoms. The van der Waals surface area contributed by atoms with Crippen molar-refractivity contribution in [2.75, 3.05) is 13.1 Å². The highest BCUT2D eigenvalue weighted by Gasteiger charge is 2.39. The third-order valence-corrected chi connectivity index (χ3v) is 6.90. The molecule has 19 heavy (non-hydrogen) atoms. The van der Waals surface area contributed by atoms with Crippen molar-refractivity contribution in [1.29, 1.82) is 0 Å². The van der Waals surface area contributed by atoms with Gasteiger partial charge in [0.05, 0.1) is 0 Å². The van der Waals surface area contributed by atoms with Gasteiger partial charge in [0.25, 0.3) is 10.0 Å². The molecule has 0 radical (unpaired) electrons. The highest BCUT2D eigenvalue weighted by atomic mass is 35.5. The first-order chi connectivity index (χ1) is 8.23. The molecule has 0 aliphatic carbocycles. The molecule has 2 heterocycles. The molecule has 0 aromatic carbocycles. The molecule has 2 N–H and O–H groups in total. The smallest absolute Gasteiger partial charge is 0.252 e. The summed E-state index contributed by atoms with van der Waals surface area (Å²) >= 11 is 1.33. The number of thiophene rings is 1. The standard InChI is InChI=1S/C12H20N2O2S2.ClH/c1-9-4-5-11(17-9)18(15,16)14-7-6-10(13)12(2,3)8-14;/h4-5,10H,6-8,13H2,1-3H3;1H. The van der Waals surface area contributed by atoms with Crippen LogP contribution in [0.15, 0.2) is 16.3 Å². The van der Waals surface area contributed by atoms with Gasteiger partial charge in [-0.2, -0.15) is 4.31 Å². The number of sulfonamides is 1. The lowest BCUT2D eigenvalue weighted by atomic mass is 9.81. The van der Waals surface area contributed by atoms with Gasteiger partial charge >= 0.3 is 0 Å². The number of aryl methyl sites for hydroxylation is 1. The van der Waals surface area contributed by atoms with Crippen molar-refractivity contribution in [2.45, 2.75) is 37.4 Å². The minimum absolute atomic E-state index is 0. The van der Waals surface area contributed by atoms with Crippen molar-refractivity contribution in [3.63, 3.8) is 0 Å². The Morgan fingerprint density at radius 1 is 1.42 bits per heavy atom. The normalized spacial score (nSPS) is 23.9. The maximum Gasteiger partial charge on any atom is 0.252 e. The lowest BCUT2D eigenvalue weighted by Crippen LogP contribution is -2.53. The first-order valence-corrected chi connectivity index (χ1v) is 8.31. The Kier molecular flexibility index (Phi) is 5.07. The van der Waals surface area contributed by atoms with Crippen LogP contribution in [-0.2, 0) is 10.0 Å². The van der Waals surface area contributed by atoms with Crippen LogP contribution in [0, 0.1) is 12.3 Å². The Bertz CT molecular complexity index is 540. The number of piperidine rings is 1. The summed E-state index contributed by atoms with van der Waals surface area (Å²) in [5.41, 5.74) is 5.87. The average Bonchev–Trinajstić information content (AvgIpc) is 2.69. The number of nitrogens with zero attached hydrogens (tertiary/aromatic N) is 1. The van der Waals surface area contributed by atoms with E-state index in [0.717, 1.165) is 11.3 Å². The minimum Gasteiger partial charge on any atom is -0.327 e. The maximum atomic E-state index is 12.5. The van der Waals surface area contributed by atoms with E-state index in [-0.39, 0.29) is 23.9 Å². The van der Waals surface area contributed by atoms with E-state index in [9.17, 15) is 8.42 Å². The van der Waals surface area contributed by atoms with Crippen LogP contribution in [0.1, 0.15) is 25.1 Å². The number of hydrogen-bond donors (Lipinski definition) is 1. The monoisotopic (exact) mass is 324 g/mol. The summed E-state index contributed by atoms with van der Waals surface area (Å²) < 4.78 is 27.0. The second-order valence-corrected chi connectivity index (χ2v) is 9.04. The second-order valence-electron chi connectivity index (χ2n) is 5.59. The zero-order chi connectivity index (χ0) is 13.6. The van der Waals surface area contributed by atoms with Gasteiger partial charge in [-0.3, -0.25) is 0 Å².